The molecule has 2 aromatic carbocycles. The van der Waals surface area contributed by atoms with Crippen LogP contribution in [0.25, 0.3) is 0 Å². The molecule has 3 rings (SSSR count). The first kappa shape index (κ1) is 18.8. The Hall–Kier alpha value is -1.95. The van der Waals surface area contributed by atoms with Gasteiger partial charge in [-0.15, -0.1) is 11.8 Å². The molecule has 0 atom stereocenters. The van der Waals surface area contributed by atoms with Crippen molar-refractivity contribution in [2.24, 2.45) is 0 Å². The van der Waals surface area contributed by atoms with Gasteiger partial charge in [-0.3, -0.25) is 9.48 Å². The van der Waals surface area contributed by atoms with Crippen molar-refractivity contribution in [3.8, 4) is 0 Å². The Morgan fingerprint density at radius 2 is 1.92 bits per heavy atom. The Bertz CT molecular complexity index is 956. The first-order valence-electron chi connectivity index (χ1n) is 7.90. The summed E-state index contributed by atoms with van der Waals surface area (Å²) in [5.74, 6) is 0.193. The minimum Gasteiger partial charge on any atom is -0.305 e. The molecular formula is C19H17Cl2N3OS. The number of nitrogens with one attached hydrogen (secondary N) is 1. The summed E-state index contributed by atoms with van der Waals surface area (Å²) in [6.07, 6.45) is 1.95. The van der Waals surface area contributed by atoms with E-state index >= 15 is 0 Å². The Morgan fingerprint density at radius 1 is 1.15 bits per heavy atom. The van der Waals surface area contributed by atoms with Crippen LogP contribution in [0.15, 0.2) is 53.4 Å². The second kappa shape index (κ2) is 8.16. The van der Waals surface area contributed by atoms with Crippen molar-refractivity contribution in [2.75, 3.05) is 11.6 Å². The Kier molecular flexibility index (Phi) is 5.91. The van der Waals surface area contributed by atoms with Gasteiger partial charge in [0.15, 0.2) is 5.82 Å². The molecule has 0 saturated carbocycles. The molecule has 4 nitrogen and oxygen atoms in total. The van der Waals surface area contributed by atoms with Crippen molar-refractivity contribution in [3.05, 3.63) is 75.4 Å². The minimum atomic E-state index is -0.284. The van der Waals surface area contributed by atoms with Crippen molar-refractivity contribution in [3.63, 3.8) is 0 Å². The van der Waals surface area contributed by atoms with Crippen LogP contribution in [0, 0.1) is 6.92 Å². The smallest absolute Gasteiger partial charge is 0.258 e. The van der Waals surface area contributed by atoms with E-state index in [-0.39, 0.29) is 5.91 Å². The lowest BCUT2D eigenvalue weighted by Gasteiger charge is -2.07. The molecule has 1 aromatic heterocycles. The van der Waals surface area contributed by atoms with Crippen LogP contribution < -0.4 is 5.32 Å². The highest BCUT2D eigenvalue weighted by atomic mass is 35.5. The van der Waals surface area contributed by atoms with Crippen LogP contribution >= 0.6 is 35.0 Å². The van der Waals surface area contributed by atoms with Crippen LogP contribution in [0.3, 0.4) is 0 Å². The standard InChI is InChI=1S/C19H17Cl2N3OS/c1-12-9-18(23-24(12)11-13-5-3-4-6-16(13)20)22-19(25)15-10-14(26-2)7-8-17(15)21/h3-10H,11H2,1-2H3,(H,22,23,25). The van der Waals surface area contributed by atoms with Gasteiger partial charge in [-0.1, -0.05) is 41.4 Å². The van der Waals surface area contributed by atoms with Crippen LogP contribution in [-0.4, -0.2) is 21.9 Å². The number of hydrogen-bond donors (Lipinski definition) is 1. The molecule has 1 heterocycles. The average Bonchev–Trinajstić information content (AvgIpc) is 2.96. The SMILES string of the molecule is CSc1ccc(Cl)c(C(=O)Nc2cc(C)n(Cc3ccccc3Cl)n2)c1. The molecule has 7 heteroatoms. The van der Waals surface area contributed by atoms with E-state index in [2.05, 4.69) is 10.4 Å². The van der Waals surface area contributed by atoms with Crippen molar-refractivity contribution in [2.45, 2.75) is 18.4 Å². The third kappa shape index (κ3) is 4.23. The minimum absolute atomic E-state index is 0.284. The second-order valence-electron chi connectivity index (χ2n) is 5.72. The van der Waals surface area contributed by atoms with Crippen LogP contribution in [-0.2, 0) is 6.54 Å². The number of halogens is 2. The zero-order valence-corrected chi connectivity index (χ0v) is 16.6. The van der Waals surface area contributed by atoms with Gasteiger partial charge in [0.2, 0.25) is 0 Å². The molecule has 0 fully saturated rings. The Balaban J connectivity index is 1.79. The lowest BCUT2D eigenvalue weighted by atomic mass is 10.2. The maximum atomic E-state index is 12.6. The summed E-state index contributed by atoms with van der Waals surface area (Å²) in [5.41, 5.74) is 2.31. The number of rotatable bonds is 5. The van der Waals surface area contributed by atoms with Crippen molar-refractivity contribution in [1.82, 2.24) is 9.78 Å². The van der Waals surface area contributed by atoms with E-state index in [9.17, 15) is 4.79 Å². The summed E-state index contributed by atoms with van der Waals surface area (Å²) in [5, 5.41) is 8.37. The number of hydrogen-bond acceptors (Lipinski definition) is 3. The number of thioether (sulfide) groups is 1. The fraction of sp³-hybridized carbons (Fsp3) is 0.158. The molecule has 3 aromatic rings. The number of nitrogens with zero attached hydrogens (tertiary/aromatic N) is 2. The fourth-order valence-electron chi connectivity index (χ4n) is 2.51. The van der Waals surface area contributed by atoms with Crippen LogP contribution in [0.1, 0.15) is 21.6 Å². The van der Waals surface area contributed by atoms with Crippen LogP contribution in [0.5, 0.6) is 0 Å². The number of amides is 1. The van der Waals surface area contributed by atoms with Crippen molar-refractivity contribution in [1.29, 1.82) is 0 Å². The summed E-state index contributed by atoms with van der Waals surface area (Å²) in [6.45, 7) is 2.46. The van der Waals surface area contributed by atoms with Crippen LogP contribution in [0.4, 0.5) is 5.82 Å². The number of aromatic nitrogens is 2. The summed E-state index contributed by atoms with van der Waals surface area (Å²) < 4.78 is 1.80. The lowest BCUT2D eigenvalue weighted by Crippen LogP contribution is -2.13. The van der Waals surface area contributed by atoms with Gasteiger partial charge in [0.25, 0.3) is 5.91 Å². The highest BCUT2D eigenvalue weighted by molar-refractivity contribution is 7.98. The van der Waals surface area contributed by atoms with Gasteiger partial charge in [-0.25, -0.2) is 0 Å². The number of aryl methyl sites for hydroxylation is 1. The Morgan fingerprint density at radius 3 is 2.65 bits per heavy atom. The Labute approximate surface area is 166 Å². The third-order valence-corrected chi connectivity index (χ3v) is 5.34. The van der Waals surface area contributed by atoms with E-state index in [4.69, 9.17) is 23.2 Å². The normalized spacial score (nSPS) is 10.8. The molecule has 0 aliphatic carbocycles. The van der Waals surface area contributed by atoms with E-state index in [1.54, 1.807) is 28.6 Å². The highest BCUT2D eigenvalue weighted by Gasteiger charge is 2.14. The van der Waals surface area contributed by atoms with Gasteiger partial charge in [0.05, 0.1) is 17.1 Å². The second-order valence-corrected chi connectivity index (χ2v) is 7.41. The largest absolute Gasteiger partial charge is 0.305 e. The van der Waals surface area contributed by atoms with Gasteiger partial charge in [-0.05, 0) is 43.0 Å². The maximum absolute atomic E-state index is 12.6. The molecule has 0 unspecified atom stereocenters. The molecule has 0 aliphatic rings. The molecule has 26 heavy (non-hydrogen) atoms. The molecule has 0 spiro atoms. The van der Waals surface area contributed by atoms with Gasteiger partial charge in [0.1, 0.15) is 0 Å². The van der Waals surface area contributed by atoms with E-state index in [1.165, 1.54) is 0 Å². The summed E-state index contributed by atoms with van der Waals surface area (Å²) in [4.78, 5) is 13.5. The quantitative estimate of drug-likeness (QED) is 0.568. The summed E-state index contributed by atoms with van der Waals surface area (Å²) in [6, 6.07) is 14.8. The number of benzene rings is 2. The number of anilines is 1. The monoisotopic (exact) mass is 405 g/mol. The van der Waals surface area contributed by atoms with Crippen molar-refractivity contribution < 1.29 is 4.79 Å². The van der Waals surface area contributed by atoms with E-state index in [0.717, 1.165) is 16.2 Å². The molecule has 0 radical (unpaired) electrons. The van der Waals surface area contributed by atoms with Crippen molar-refractivity contribution >= 4 is 46.7 Å². The molecule has 0 saturated heterocycles. The molecule has 0 bridgehead atoms. The molecule has 1 amide bonds. The molecule has 134 valence electrons. The van der Waals surface area contributed by atoms with E-state index in [0.29, 0.717) is 28.0 Å². The van der Waals surface area contributed by atoms with Gasteiger partial charge >= 0.3 is 0 Å². The van der Waals surface area contributed by atoms with Crippen LogP contribution in [0.2, 0.25) is 10.0 Å². The lowest BCUT2D eigenvalue weighted by molar-refractivity contribution is 0.102. The predicted molar refractivity (Wildman–Crippen MR) is 109 cm³/mol. The van der Waals surface area contributed by atoms with E-state index in [1.807, 2.05) is 49.6 Å². The van der Waals surface area contributed by atoms with Gasteiger partial charge in [-0.2, -0.15) is 5.10 Å². The topological polar surface area (TPSA) is 46.9 Å². The highest BCUT2D eigenvalue weighted by Crippen LogP contribution is 2.24. The first-order chi connectivity index (χ1) is 12.5. The predicted octanol–water partition coefficient (Wildman–Crippen LogP) is 5.52. The zero-order chi connectivity index (χ0) is 18.7. The molecular weight excluding hydrogens is 389 g/mol. The average molecular weight is 406 g/mol. The number of carbonyl (C=O) groups excluding carboxylic acids is 1. The summed E-state index contributed by atoms with van der Waals surface area (Å²) in [7, 11) is 0. The third-order valence-electron chi connectivity index (χ3n) is 3.92. The fourth-order valence-corrected chi connectivity index (χ4v) is 3.35. The number of carbonyl (C=O) groups is 1. The van der Waals surface area contributed by atoms with E-state index < -0.39 is 0 Å². The van der Waals surface area contributed by atoms with Gasteiger partial charge in [0, 0.05) is 21.7 Å². The zero-order valence-electron chi connectivity index (χ0n) is 14.3. The summed E-state index contributed by atoms with van der Waals surface area (Å²) >= 11 is 13.9. The first-order valence-corrected chi connectivity index (χ1v) is 9.88. The van der Waals surface area contributed by atoms with Gasteiger partial charge < -0.3 is 5.32 Å². The molecule has 0 aliphatic heterocycles. The molecule has 1 N–H and O–H groups in total. The maximum Gasteiger partial charge on any atom is 0.258 e.